The second-order valence-corrected chi connectivity index (χ2v) is 7.07. The van der Waals surface area contributed by atoms with Gasteiger partial charge in [-0.3, -0.25) is 9.40 Å². The lowest BCUT2D eigenvalue weighted by Crippen LogP contribution is -2.46. The average Bonchev–Trinajstić information content (AvgIpc) is 2.97. The van der Waals surface area contributed by atoms with Crippen molar-refractivity contribution >= 4 is 32.8 Å². The third kappa shape index (κ3) is 4.80. The fraction of sp³-hybridized carbons (Fsp3) is 0.200. The molecule has 0 atom stereocenters. The topological polar surface area (TPSA) is 267 Å². The Morgan fingerprint density at radius 1 is 1.00 bits per heavy atom. The van der Waals surface area contributed by atoms with Gasteiger partial charge < -0.3 is 15.6 Å². The Labute approximate surface area is 160 Å². The molecule has 0 aliphatic heterocycles. The van der Waals surface area contributed by atoms with Crippen LogP contribution >= 0.6 is 0 Å². The van der Waals surface area contributed by atoms with Gasteiger partial charge in [-0.15, -0.1) is 0 Å². The number of sulfonamides is 1. The number of nitrogens with zero attached hydrogens (tertiary/aromatic N) is 6. The van der Waals surface area contributed by atoms with Crippen LogP contribution in [0.1, 0.15) is 6.92 Å². The Bertz CT molecular complexity index is 1000. The van der Waals surface area contributed by atoms with E-state index in [0.717, 1.165) is 6.20 Å². The minimum atomic E-state index is -5.06. The molecule has 0 radical (unpaired) electrons. The van der Waals surface area contributed by atoms with Crippen molar-refractivity contribution in [3.05, 3.63) is 34.2 Å². The first kappa shape index (κ1) is 22.9. The molecular formula is C10H15N7O11S. The van der Waals surface area contributed by atoms with E-state index in [1.165, 1.54) is 10.9 Å². The molecule has 7 N–H and O–H groups in total. The molecule has 29 heavy (non-hydrogen) atoms. The quantitative estimate of drug-likeness (QED) is 0.218. The van der Waals surface area contributed by atoms with Gasteiger partial charge in [0.05, 0.1) is 11.9 Å². The fourth-order valence-corrected chi connectivity index (χ4v) is 3.39. The zero-order valence-electron chi connectivity index (χ0n) is 14.3. The van der Waals surface area contributed by atoms with Gasteiger partial charge in [-0.1, -0.05) is 0 Å². The van der Waals surface area contributed by atoms with Crippen LogP contribution in [0.2, 0.25) is 0 Å². The summed E-state index contributed by atoms with van der Waals surface area (Å²) in [7, 11) is -5.06. The molecule has 0 bridgehead atoms. The van der Waals surface area contributed by atoms with Gasteiger partial charge in [0, 0.05) is 12.7 Å². The maximum absolute atomic E-state index is 12.5. The third-order valence-electron chi connectivity index (χ3n) is 3.33. The molecule has 18 nitrogen and oxygen atoms in total. The fourth-order valence-electron chi connectivity index (χ4n) is 2.22. The van der Waals surface area contributed by atoms with Gasteiger partial charge >= 0.3 is 11.4 Å². The molecule has 0 aliphatic rings. The minimum absolute atomic E-state index is 0.0110. The van der Waals surface area contributed by atoms with Gasteiger partial charge in [0.1, 0.15) is 6.20 Å². The normalized spacial score (nSPS) is 13.6. The van der Waals surface area contributed by atoms with Crippen molar-refractivity contribution in [2.45, 2.75) is 18.5 Å². The number of aromatic nitrogens is 3. The number of hydrogen-bond acceptors (Lipinski definition) is 13. The molecule has 0 saturated heterocycles. The van der Waals surface area contributed by atoms with Crippen LogP contribution in [-0.2, 0) is 16.6 Å². The van der Waals surface area contributed by atoms with Crippen molar-refractivity contribution in [3.63, 3.8) is 0 Å². The molecule has 2 aromatic rings. The van der Waals surface area contributed by atoms with E-state index >= 15 is 0 Å². The van der Waals surface area contributed by atoms with Crippen LogP contribution in [0.4, 0.5) is 22.7 Å². The first-order valence-corrected chi connectivity index (χ1v) is 8.73. The van der Waals surface area contributed by atoms with Gasteiger partial charge in [0.2, 0.25) is 0 Å². The van der Waals surface area contributed by atoms with Crippen LogP contribution in [0.3, 0.4) is 0 Å². The van der Waals surface area contributed by atoms with E-state index in [9.17, 15) is 44.9 Å². The van der Waals surface area contributed by atoms with Crippen molar-refractivity contribution in [2.75, 3.05) is 4.72 Å². The molecule has 2 rings (SSSR count). The number of rotatable bonds is 7. The zero-order chi connectivity index (χ0) is 22.4. The van der Waals surface area contributed by atoms with Crippen molar-refractivity contribution in [3.8, 4) is 0 Å². The predicted octanol–water partition coefficient (Wildman–Crippen LogP) is -0.151. The number of nitrogens with one attached hydrogen (secondary N) is 1. The van der Waals surface area contributed by atoms with E-state index in [-0.39, 0.29) is 11.9 Å². The molecule has 0 aliphatic carbocycles. The summed E-state index contributed by atoms with van der Waals surface area (Å²) in [5.74, 6) is 0. The molecule has 0 saturated carbocycles. The monoisotopic (exact) mass is 441 g/mol. The highest BCUT2D eigenvalue weighted by Crippen LogP contribution is 2.45. The van der Waals surface area contributed by atoms with Crippen molar-refractivity contribution in [1.82, 2.24) is 29.7 Å². The summed E-state index contributed by atoms with van der Waals surface area (Å²) < 4.78 is 28.2. The Morgan fingerprint density at radius 2 is 1.55 bits per heavy atom. The van der Waals surface area contributed by atoms with E-state index in [4.69, 9.17) is 10.4 Å². The maximum atomic E-state index is 12.5. The van der Waals surface area contributed by atoms with E-state index in [0.29, 0.717) is 6.54 Å². The maximum Gasteiger partial charge on any atom is 0.340 e. The Kier molecular flexibility index (Phi) is 5.65. The van der Waals surface area contributed by atoms with Crippen LogP contribution in [0.15, 0.2) is 23.6 Å². The molecular weight excluding hydrogens is 426 g/mol. The number of quaternary nitrogens is 3. The van der Waals surface area contributed by atoms with Crippen molar-refractivity contribution in [1.29, 1.82) is 0 Å². The third-order valence-corrected chi connectivity index (χ3v) is 4.65. The van der Waals surface area contributed by atoms with E-state index in [2.05, 4.69) is 10.1 Å². The summed E-state index contributed by atoms with van der Waals surface area (Å²) in [5.41, 5.74) is -6.26. The van der Waals surface area contributed by atoms with Crippen LogP contribution in [-0.4, -0.2) is 54.4 Å². The highest BCUT2D eigenvalue weighted by atomic mass is 32.2. The van der Waals surface area contributed by atoms with Crippen LogP contribution in [0, 0.1) is 15.6 Å². The summed E-state index contributed by atoms with van der Waals surface area (Å²) in [6.07, 6.45) is 2.18. The minimum Gasteiger partial charge on any atom is -0.559 e. The molecule has 19 heteroatoms. The lowest BCUT2D eigenvalue weighted by Gasteiger charge is -2.33. The molecule has 0 aromatic carbocycles. The number of anilines is 1. The van der Waals surface area contributed by atoms with E-state index in [1.807, 2.05) is 4.72 Å². The first-order valence-electron chi connectivity index (χ1n) is 7.25. The van der Waals surface area contributed by atoms with Crippen LogP contribution < -0.4 is 19.6 Å². The van der Waals surface area contributed by atoms with Crippen molar-refractivity contribution < 1.29 is 39.7 Å². The molecule has 0 unspecified atom stereocenters. The Morgan fingerprint density at radius 3 is 1.97 bits per heavy atom. The highest BCUT2D eigenvalue weighted by molar-refractivity contribution is 7.92. The summed E-state index contributed by atoms with van der Waals surface area (Å²) >= 11 is 0. The molecule has 0 fully saturated rings. The second-order valence-electron chi connectivity index (χ2n) is 5.47. The van der Waals surface area contributed by atoms with Crippen LogP contribution in [0.25, 0.3) is 0 Å². The largest absolute Gasteiger partial charge is 0.559 e. The SMILES string of the molecule is CCn1cc(NS(=O)(=O)c2ncc([N+]([O-])(O)O)c([N+]([O-])(O)O)c2[N+]([O-])(O)O)cn1. The Hall–Kier alpha value is -2.37. The molecule has 2 aromatic heterocycles. The predicted molar refractivity (Wildman–Crippen MR) is 89.1 cm³/mol. The first-order chi connectivity index (χ1) is 13.0. The standard InChI is InChI=1S/C10H15N7O11S/c1-2-14-5-6(3-12-14)13-29(27,28)10-9(17(24,25)26)8(16(21,22)23)7(4-11-10)15(18,19)20/h3-5,13,18-19,21-22,24-25H,2H2,1H3. The second kappa shape index (κ2) is 7.15. The van der Waals surface area contributed by atoms with E-state index < -0.39 is 47.0 Å². The number of hydrogen-bond donors (Lipinski definition) is 7. The van der Waals surface area contributed by atoms with Gasteiger partial charge in [-0.2, -0.15) is 44.8 Å². The van der Waals surface area contributed by atoms with Crippen molar-refractivity contribution in [2.24, 2.45) is 0 Å². The smallest absolute Gasteiger partial charge is 0.340 e. The lowest BCUT2D eigenvalue weighted by molar-refractivity contribution is -0.279. The lowest BCUT2D eigenvalue weighted by atomic mass is 10.3. The molecule has 0 amide bonds. The summed E-state index contributed by atoms with van der Waals surface area (Å²) in [4.78, 5) is -8.18. The highest BCUT2D eigenvalue weighted by Gasteiger charge is 2.48. The summed E-state index contributed by atoms with van der Waals surface area (Å²) in [6.45, 7) is 2.00. The molecule has 162 valence electrons. The van der Waals surface area contributed by atoms with Gasteiger partial charge in [-0.05, 0) is 21.8 Å². The van der Waals surface area contributed by atoms with E-state index in [1.54, 1.807) is 6.92 Å². The average molecular weight is 441 g/mol. The molecule has 2 heterocycles. The molecule has 0 spiro atoms. The number of pyridine rings is 1. The summed E-state index contributed by atoms with van der Waals surface area (Å²) in [5, 5.41) is 91.9. The van der Waals surface area contributed by atoms with Gasteiger partial charge in [0.25, 0.3) is 20.7 Å². The van der Waals surface area contributed by atoms with Gasteiger partial charge in [-0.25, -0.2) is 4.98 Å². The zero-order valence-corrected chi connectivity index (χ0v) is 15.1. The van der Waals surface area contributed by atoms with Crippen LogP contribution in [0.5, 0.6) is 0 Å². The summed E-state index contributed by atoms with van der Waals surface area (Å²) in [6, 6.07) is 0. The van der Waals surface area contributed by atoms with Gasteiger partial charge in [0.15, 0.2) is 0 Å². The number of aryl methyl sites for hydroxylation is 1. The Balaban J connectivity index is 2.81.